The molecular weight excluding hydrogens is 272 g/mol. The van der Waals surface area contributed by atoms with Crippen molar-refractivity contribution in [3.63, 3.8) is 0 Å². The minimum absolute atomic E-state index is 0.00323. The van der Waals surface area contributed by atoms with E-state index in [4.69, 9.17) is 0 Å². The number of nitrogens with zero attached hydrogens (tertiary/aromatic N) is 1. The monoisotopic (exact) mass is 304 g/mol. The first-order valence-electron chi connectivity index (χ1n) is 7.94. The van der Waals surface area contributed by atoms with Crippen LogP contribution in [0.3, 0.4) is 0 Å². The molecule has 0 aromatic heterocycles. The third-order valence-corrected chi connectivity index (χ3v) is 3.32. The second-order valence-corrected chi connectivity index (χ2v) is 7.46. The summed E-state index contributed by atoms with van der Waals surface area (Å²) in [6.45, 7) is 13.8. The van der Waals surface area contributed by atoms with Gasteiger partial charge in [-0.05, 0) is 47.1 Å². The molecule has 4 nitrogen and oxygen atoms in total. The lowest BCUT2D eigenvalue weighted by atomic mass is 10.0. The molecule has 124 valence electrons. The zero-order valence-corrected chi connectivity index (χ0v) is 15.1. The summed E-state index contributed by atoms with van der Waals surface area (Å²) in [4.78, 5) is 4.28. The van der Waals surface area contributed by atoms with Gasteiger partial charge in [-0.15, -0.1) is 0 Å². The van der Waals surface area contributed by atoms with Crippen molar-refractivity contribution in [2.75, 3.05) is 13.6 Å². The molecule has 4 heteroatoms. The molecular formula is C18H32N4. The average molecular weight is 304 g/mol. The summed E-state index contributed by atoms with van der Waals surface area (Å²) in [7, 11) is 1.80. The van der Waals surface area contributed by atoms with Gasteiger partial charge >= 0.3 is 0 Å². The maximum absolute atomic E-state index is 4.28. The van der Waals surface area contributed by atoms with Crippen LogP contribution in [0.15, 0.2) is 35.3 Å². The first-order valence-corrected chi connectivity index (χ1v) is 7.94. The molecule has 0 saturated carbocycles. The van der Waals surface area contributed by atoms with E-state index in [9.17, 15) is 0 Å². The maximum atomic E-state index is 4.28. The molecule has 0 aliphatic carbocycles. The topological polar surface area (TPSA) is 48.5 Å². The fourth-order valence-electron chi connectivity index (χ4n) is 2.30. The largest absolute Gasteiger partial charge is 0.355 e. The van der Waals surface area contributed by atoms with Crippen LogP contribution in [0.2, 0.25) is 0 Å². The van der Waals surface area contributed by atoms with Crippen LogP contribution < -0.4 is 16.0 Å². The quantitative estimate of drug-likeness (QED) is 0.579. The molecule has 1 rings (SSSR count). The molecule has 0 aliphatic heterocycles. The van der Waals surface area contributed by atoms with Crippen molar-refractivity contribution in [1.29, 1.82) is 0 Å². The Morgan fingerprint density at radius 1 is 1.09 bits per heavy atom. The van der Waals surface area contributed by atoms with Crippen molar-refractivity contribution >= 4 is 5.96 Å². The van der Waals surface area contributed by atoms with E-state index < -0.39 is 0 Å². The van der Waals surface area contributed by atoms with Crippen LogP contribution in [-0.4, -0.2) is 30.6 Å². The van der Waals surface area contributed by atoms with E-state index in [1.807, 2.05) is 6.07 Å². The van der Waals surface area contributed by atoms with Gasteiger partial charge in [-0.2, -0.15) is 0 Å². The second kappa shape index (κ2) is 7.63. The average Bonchev–Trinajstić information content (AvgIpc) is 2.43. The molecule has 0 saturated heterocycles. The Hall–Kier alpha value is -1.55. The molecule has 0 bridgehead atoms. The van der Waals surface area contributed by atoms with E-state index >= 15 is 0 Å². The van der Waals surface area contributed by atoms with Crippen LogP contribution in [0.4, 0.5) is 0 Å². The summed E-state index contributed by atoms with van der Waals surface area (Å²) < 4.78 is 0. The van der Waals surface area contributed by atoms with E-state index in [1.54, 1.807) is 7.05 Å². The third-order valence-electron chi connectivity index (χ3n) is 3.32. The van der Waals surface area contributed by atoms with Crippen molar-refractivity contribution in [1.82, 2.24) is 16.0 Å². The number of hydrogen-bond donors (Lipinski definition) is 3. The molecule has 22 heavy (non-hydrogen) atoms. The number of nitrogens with one attached hydrogen (secondary N) is 3. The second-order valence-electron chi connectivity index (χ2n) is 7.46. The molecule has 1 unspecified atom stereocenters. The summed E-state index contributed by atoms with van der Waals surface area (Å²) in [6.07, 6.45) is 0. The number of benzene rings is 1. The Bertz CT molecular complexity index is 472. The summed E-state index contributed by atoms with van der Waals surface area (Å²) >= 11 is 0. The van der Waals surface area contributed by atoms with Gasteiger partial charge in [0.05, 0.1) is 0 Å². The fraction of sp³-hybridized carbons (Fsp3) is 0.611. The van der Waals surface area contributed by atoms with Gasteiger partial charge in [0.2, 0.25) is 0 Å². The number of rotatable bonds is 5. The highest BCUT2D eigenvalue weighted by Gasteiger charge is 2.22. The van der Waals surface area contributed by atoms with Gasteiger partial charge in [0.1, 0.15) is 0 Å². The van der Waals surface area contributed by atoms with Crippen molar-refractivity contribution in [3.05, 3.63) is 35.9 Å². The predicted octanol–water partition coefficient (Wildman–Crippen LogP) is 3.08. The first kappa shape index (κ1) is 18.5. The highest BCUT2D eigenvalue weighted by atomic mass is 15.2. The predicted molar refractivity (Wildman–Crippen MR) is 96.3 cm³/mol. The van der Waals surface area contributed by atoms with Gasteiger partial charge in [-0.3, -0.25) is 4.99 Å². The molecule has 1 aromatic rings. The number of guanidine groups is 1. The van der Waals surface area contributed by atoms with E-state index in [0.29, 0.717) is 6.04 Å². The zero-order chi connectivity index (χ0) is 16.8. The lowest BCUT2D eigenvalue weighted by Crippen LogP contribution is -2.54. The minimum atomic E-state index is -0.0508. The Kier molecular flexibility index (Phi) is 6.42. The van der Waals surface area contributed by atoms with E-state index in [1.165, 1.54) is 5.56 Å². The van der Waals surface area contributed by atoms with Gasteiger partial charge in [0, 0.05) is 30.7 Å². The molecule has 1 atom stereocenters. The van der Waals surface area contributed by atoms with Crippen LogP contribution >= 0.6 is 0 Å². The lowest BCUT2D eigenvalue weighted by molar-refractivity contribution is 0.343. The number of hydrogen-bond acceptors (Lipinski definition) is 2. The Morgan fingerprint density at radius 2 is 1.68 bits per heavy atom. The Labute approximate surface area is 135 Å². The standard InChI is InChI=1S/C18H32N4/c1-14(15-11-9-8-10-12-15)21-18(5,6)13-20-16(19-7)22-17(2,3)4/h8-12,14,21H,13H2,1-7H3,(H2,19,20,22). The Morgan fingerprint density at radius 3 is 2.18 bits per heavy atom. The van der Waals surface area contributed by atoms with Gasteiger partial charge < -0.3 is 16.0 Å². The van der Waals surface area contributed by atoms with Crippen molar-refractivity contribution in [2.45, 2.75) is 58.7 Å². The molecule has 0 amide bonds. The summed E-state index contributed by atoms with van der Waals surface area (Å²) in [6, 6.07) is 10.8. The summed E-state index contributed by atoms with van der Waals surface area (Å²) in [5, 5.41) is 10.4. The van der Waals surface area contributed by atoms with Gasteiger partial charge in [-0.25, -0.2) is 0 Å². The number of aliphatic imine (C=N–C) groups is 1. The molecule has 0 aliphatic rings. The zero-order valence-electron chi connectivity index (χ0n) is 15.1. The van der Waals surface area contributed by atoms with Gasteiger partial charge in [-0.1, -0.05) is 30.3 Å². The SMILES string of the molecule is CN=C(NCC(C)(C)NC(C)c1ccccc1)NC(C)(C)C. The smallest absolute Gasteiger partial charge is 0.191 e. The first-order chi connectivity index (χ1) is 10.1. The minimum Gasteiger partial charge on any atom is -0.355 e. The Balaban J connectivity index is 2.56. The molecule has 0 spiro atoms. The van der Waals surface area contributed by atoms with Crippen LogP contribution in [-0.2, 0) is 0 Å². The van der Waals surface area contributed by atoms with Crippen molar-refractivity contribution in [2.24, 2.45) is 4.99 Å². The summed E-state index contributed by atoms with van der Waals surface area (Å²) in [5.74, 6) is 0.828. The molecule has 3 N–H and O–H groups in total. The van der Waals surface area contributed by atoms with Crippen molar-refractivity contribution < 1.29 is 0 Å². The maximum Gasteiger partial charge on any atom is 0.191 e. The molecule has 0 fully saturated rings. The van der Waals surface area contributed by atoms with Gasteiger partial charge in [0.25, 0.3) is 0 Å². The van der Waals surface area contributed by atoms with Crippen LogP contribution in [0.1, 0.15) is 53.1 Å². The fourth-order valence-corrected chi connectivity index (χ4v) is 2.30. The van der Waals surface area contributed by atoms with E-state index in [-0.39, 0.29) is 11.1 Å². The molecule has 1 aromatic carbocycles. The van der Waals surface area contributed by atoms with Gasteiger partial charge in [0.15, 0.2) is 5.96 Å². The van der Waals surface area contributed by atoms with Crippen LogP contribution in [0, 0.1) is 0 Å². The molecule has 0 heterocycles. The molecule has 0 radical (unpaired) electrons. The normalized spacial score (nSPS) is 14.6. The lowest BCUT2D eigenvalue weighted by Gasteiger charge is -2.32. The van der Waals surface area contributed by atoms with Crippen molar-refractivity contribution in [3.8, 4) is 0 Å². The van der Waals surface area contributed by atoms with Crippen LogP contribution in [0.25, 0.3) is 0 Å². The highest BCUT2D eigenvalue weighted by Crippen LogP contribution is 2.15. The van der Waals surface area contributed by atoms with E-state index in [2.05, 4.69) is 86.8 Å². The third kappa shape index (κ3) is 6.94. The highest BCUT2D eigenvalue weighted by molar-refractivity contribution is 5.80. The van der Waals surface area contributed by atoms with Crippen LogP contribution in [0.5, 0.6) is 0 Å². The van der Waals surface area contributed by atoms with E-state index in [0.717, 1.165) is 12.5 Å². The summed E-state index contributed by atoms with van der Waals surface area (Å²) in [5.41, 5.74) is 1.24.